The minimum absolute atomic E-state index is 0.343. The van der Waals surface area contributed by atoms with Crippen molar-refractivity contribution in [3.63, 3.8) is 0 Å². The Labute approximate surface area is 121 Å². The lowest BCUT2D eigenvalue weighted by Gasteiger charge is -2.17. The van der Waals surface area contributed by atoms with Crippen LogP contribution in [0.4, 0.5) is 5.69 Å². The highest BCUT2D eigenvalue weighted by molar-refractivity contribution is 9.10. The van der Waals surface area contributed by atoms with Crippen molar-refractivity contribution in [3.05, 3.63) is 57.6 Å². The first-order chi connectivity index (χ1) is 9.13. The fourth-order valence-electron chi connectivity index (χ4n) is 2.73. The van der Waals surface area contributed by atoms with Gasteiger partial charge in [0.15, 0.2) is 0 Å². The van der Waals surface area contributed by atoms with Crippen LogP contribution in [0.3, 0.4) is 0 Å². The summed E-state index contributed by atoms with van der Waals surface area (Å²) in [5.74, 6) is 0.360. The predicted octanol–water partition coefficient (Wildman–Crippen LogP) is 4.56. The molecule has 0 spiro atoms. The van der Waals surface area contributed by atoms with Gasteiger partial charge in [-0.1, -0.05) is 22.0 Å². The number of hydrogen-bond donors (Lipinski definition) is 2. The second-order valence-corrected chi connectivity index (χ2v) is 5.99. The number of hydrogen-bond acceptors (Lipinski definition) is 2. The maximum absolute atomic E-state index is 9.52. The van der Waals surface area contributed by atoms with E-state index in [4.69, 9.17) is 0 Å². The first kappa shape index (κ1) is 12.5. The molecule has 0 fully saturated rings. The molecule has 2 nitrogen and oxygen atoms in total. The van der Waals surface area contributed by atoms with Crippen LogP contribution in [0, 0.1) is 6.92 Å². The number of halogens is 1. The van der Waals surface area contributed by atoms with E-state index in [0.29, 0.717) is 11.8 Å². The molecule has 0 bridgehead atoms. The molecule has 2 aromatic carbocycles. The van der Waals surface area contributed by atoms with Crippen molar-refractivity contribution in [1.82, 2.24) is 0 Å². The monoisotopic (exact) mass is 317 g/mol. The average Bonchev–Trinajstić information content (AvgIpc) is 2.75. The van der Waals surface area contributed by atoms with Gasteiger partial charge in [0.05, 0.1) is 6.04 Å². The Morgan fingerprint density at radius 3 is 2.84 bits per heavy atom. The van der Waals surface area contributed by atoms with Crippen LogP contribution in [0.2, 0.25) is 0 Å². The van der Waals surface area contributed by atoms with E-state index in [9.17, 15) is 5.11 Å². The van der Waals surface area contributed by atoms with Crippen molar-refractivity contribution >= 4 is 21.6 Å². The van der Waals surface area contributed by atoms with Gasteiger partial charge in [0, 0.05) is 10.2 Å². The molecule has 0 aromatic heterocycles. The van der Waals surface area contributed by atoms with E-state index in [2.05, 4.69) is 46.4 Å². The third kappa shape index (κ3) is 2.47. The average molecular weight is 318 g/mol. The Morgan fingerprint density at radius 1 is 1.21 bits per heavy atom. The largest absolute Gasteiger partial charge is 0.508 e. The van der Waals surface area contributed by atoms with Gasteiger partial charge in [-0.2, -0.15) is 0 Å². The second-order valence-electron chi connectivity index (χ2n) is 5.08. The fourth-order valence-corrected chi connectivity index (χ4v) is 3.21. The van der Waals surface area contributed by atoms with Crippen molar-refractivity contribution in [2.75, 3.05) is 5.32 Å². The van der Waals surface area contributed by atoms with Gasteiger partial charge in [0.25, 0.3) is 0 Å². The summed E-state index contributed by atoms with van der Waals surface area (Å²) < 4.78 is 1.10. The molecule has 98 valence electrons. The van der Waals surface area contributed by atoms with E-state index >= 15 is 0 Å². The number of nitrogens with one attached hydrogen (secondary N) is 1. The standard InChI is InChI=1S/C16H16BrNO/c1-10-8-12(17)3-7-15(10)18-16-6-2-11-9-13(19)4-5-14(11)16/h3-5,7-9,16,18-19H,2,6H2,1H3. The molecule has 19 heavy (non-hydrogen) atoms. The van der Waals surface area contributed by atoms with Crippen LogP contribution in [0.15, 0.2) is 40.9 Å². The molecule has 3 heteroatoms. The van der Waals surface area contributed by atoms with E-state index in [0.717, 1.165) is 17.3 Å². The van der Waals surface area contributed by atoms with E-state index < -0.39 is 0 Å². The first-order valence-corrected chi connectivity index (χ1v) is 7.27. The maximum Gasteiger partial charge on any atom is 0.115 e. The number of phenolic OH excluding ortho intramolecular Hbond substituents is 1. The smallest absolute Gasteiger partial charge is 0.115 e. The molecule has 2 N–H and O–H groups in total. The van der Waals surface area contributed by atoms with Crippen molar-refractivity contribution in [1.29, 1.82) is 0 Å². The molecule has 0 saturated heterocycles. The molecule has 0 amide bonds. The molecule has 0 aliphatic heterocycles. The summed E-state index contributed by atoms with van der Waals surface area (Å²) in [6, 6.07) is 12.3. The zero-order valence-electron chi connectivity index (χ0n) is 10.8. The number of rotatable bonds is 2. The summed E-state index contributed by atoms with van der Waals surface area (Å²) in [4.78, 5) is 0. The van der Waals surface area contributed by atoms with E-state index in [1.54, 1.807) is 6.07 Å². The van der Waals surface area contributed by atoms with Crippen molar-refractivity contribution in [2.24, 2.45) is 0 Å². The Kier molecular flexibility index (Phi) is 3.23. The van der Waals surface area contributed by atoms with E-state index in [1.165, 1.54) is 22.4 Å². The second kappa shape index (κ2) is 4.89. The quantitative estimate of drug-likeness (QED) is 0.850. The minimum Gasteiger partial charge on any atom is -0.508 e. The van der Waals surface area contributed by atoms with Gasteiger partial charge in [0.1, 0.15) is 5.75 Å². The molecule has 1 aliphatic rings. The number of aryl methyl sites for hydroxylation is 2. The zero-order chi connectivity index (χ0) is 13.4. The highest BCUT2D eigenvalue weighted by Crippen LogP contribution is 2.36. The molecule has 1 aliphatic carbocycles. The maximum atomic E-state index is 9.52. The Balaban J connectivity index is 1.86. The highest BCUT2D eigenvalue weighted by Gasteiger charge is 2.22. The molecule has 0 radical (unpaired) electrons. The minimum atomic E-state index is 0.343. The lowest BCUT2D eigenvalue weighted by molar-refractivity contribution is 0.474. The fraction of sp³-hybridized carbons (Fsp3) is 0.250. The van der Waals surface area contributed by atoms with Gasteiger partial charge in [-0.15, -0.1) is 0 Å². The third-order valence-electron chi connectivity index (χ3n) is 3.72. The summed E-state index contributed by atoms with van der Waals surface area (Å²) in [6.07, 6.45) is 2.10. The molecule has 2 aromatic rings. The molecule has 0 heterocycles. The predicted molar refractivity (Wildman–Crippen MR) is 81.7 cm³/mol. The number of phenols is 1. The summed E-state index contributed by atoms with van der Waals surface area (Å²) in [7, 11) is 0. The van der Waals surface area contributed by atoms with Crippen LogP contribution in [-0.2, 0) is 6.42 Å². The first-order valence-electron chi connectivity index (χ1n) is 6.48. The lowest BCUT2D eigenvalue weighted by Crippen LogP contribution is -2.08. The van der Waals surface area contributed by atoms with Gasteiger partial charge in [-0.3, -0.25) is 0 Å². The highest BCUT2D eigenvalue weighted by atomic mass is 79.9. The number of fused-ring (bicyclic) bond motifs is 1. The van der Waals surface area contributed by atoms with Crippen molar-refractivity contribution in [2.45, 2.75) is 25.8 Å². The Hall–Kier alpha value is -1.48. The molecule has 1 atom stereocenters. The molecule has 0 saturated carbocycles. The van der Waals surface area contributed by atoms with Crippen molar-refractivity contribution in [3.8, 4) is 5.75 Å². The molecular weight excluding hydrogens is 302 g/mol. The lowest BCUT2D eigenvalue weighted by atomic mass is 10.1. The van der Waals surface area contributed by atoms with Crippen LogP contribution in [0.5, 0.6) is 5.75 Å². The summed E-state index contributed by atoms with van der Waals surface area (Å²) in [5.41, 5.74) is 4.98. The normalized spacial score (nSPS) is 17.3. The van der Waals surface area contributed by atoms with Gasteiger partial charge < -0.3 is 10.4 Å². The van der Waals surface area contributed by atoms with Crippen LogP contribution in [-0.4, -0.2) is 5.11 Å². The number of anilines is 1. The molecule has 3 rings (SSSR count). The van der Waals surface area contributed by atoms with Crippen molar-refractivity contribution < 1.29 is 5.11 Å². The SMILES string of the molecule is Cc1cc(Br)ccc1NC1CCc2cc(O)ccc21. The van der Waals surface area contributed by atoms with Crippen LogP contribution in [0.1, 0.15) is 29.2 Å². The van der Waals surface area contributed by atoms with Gasteiger partial charge in [-0.25, -0.2) is 0 Å². The van der Waals surface area contributed by atoms with Crippen LogP contribution in [0.25, 0.3) is 0 Å². The summed E-state index contributed by atoms with van der Waals surface area (Å²) in [5, 5.41) is 13.1. The van der Waals surface area contributed by atoms with E-state index in [1.807, 2.05) is 12.1 Å². The Morgan fingerprint density at radius 2 is 2.05 bits per heavy atom. The molecular formula is C16H16BrNO. The number of benzene rings is 2. The molecule has 1 unspecified atom stereocenters. The number of aromatic hydroxyl groups is 1. The Bertz CT molecular complexity index is 624. The topological polar surface area (TPSA) is 32.3 Å². The summed E-state index contributed by atoms with van der Waals surface area (Å²) >= 11 is 3.49. The third-order valence-corrected chi connectivity index (χ3v) is 4.22. The van der Waals surface area contributed by atoms with Gasteiger partial charge in [-0.05, 0) is 66.8 Å². The van der Waals surface area contributed by atoms with Gasteiger partial charge in [0.2, 0.25) is 0 Å². The van der Waals surface area contributed by atoms with E-state index in [-0.39, 0.29) is 0 Å². The summed E-state index contributed by atoms with van der Waals surface area (Å²) in [6.45, 7) is 2.11. The van der Waals surface area contributed by atoms with Gasteiger partial charge >= 0.3 is 0 Å². The van der Waals surface area contributed by atoms with Crippen LogP contribution >= 0.6 is 15.9 Å². The van der Waals surface area contributed by atoms with Crippen LogP contribution < -0.4 is 5.32 Å². The zero-order valence-corrected chi connectivity index (χ0v) is 12.4.